The minimum absolute atomic E-state index is 0.217. The first-order valence-electron chi connectivity index (χ1n) is 7.33. The van der Waals surface area contributed by atoms with Gasteiger partial charge in [-0.25, -0.2) is 8.42 Å². The maximum Gasteiger partial charge on any atom is 0.235 e. The molecule has 2 rings (SSSR count). The lowest BCUT2D eigenvalue weighted by molar-refractivity contribution is -0.121. The van der Waals surface area contributed by atoms with E-state index in [0.717, 1.165) is 16.1 Å². The van der Waals surface area contributed by atoms with Crippen LogP contribution in [-0.2, 0) is 27.8 Å². The van der Waals surface area contributed by atoms with Crippen LogP contribution in [0.4, 0.5) is 0 Å². The second-order valence-electron chi connectivity index (χ2n) is 5.33. The molecule has 0 saturated heterocycles. The topological polar surface area (TPSA) is 79.6 Å². The lowest BCUT2D eigenvalue weighted by Crippen LogP contribution is -2.41. The SMILES string of the molecule is CS(=O)(=O)N(CCc1ccc(Cl)cc1)CC(=O)NCc1ccco1. The summed E-state index contributed by atoms with van der Waals surface area (Å²) in [6.45, 7) is 0.211. The summed E-state index contributed by atoms with van der Waals surface area (Å²) in [5.41, 5.74) is 0.948. The van der Waals surface area contributed by atoms with Crippen LogP contribution in [0.15, 0.2) is 47.1 Å². The van der Waals surface area contributed by atoms with Gasteiger partial charge in [0.15, 0.2) is 0 Å². The van der Waals surface area contributed by atoms with Crippen molar-refractivity contribution in [1.29, 1.82) is 0 Å². The Bertz CT molecular complexity index is 758. The Morgan fingerprint density at radius 1 is 1.25 bits per heavy atom. The summed E-state index contributed by atoms with van der Waals surface area (Å²) >= 11 is 5.83. The molecule has 24 heavy (non-hydrogen) atoms. The first-order valence-corrected chi connectivity index (χ1v) is 9.56. The van der Waals surface area contributed by atoms with Crippen molar-refractivity contribution in [2.24, 2.45) is 0 Å². The maximum atomic E-state index is 12.0. The van der Waals surface area contributed by atoms with E-state index in [4.69, 9.17) is 16.0 Å². The van der Waals surface area contributed by atoms with E-state index in [-0.39, 0.29) is 25.5 Å². The molecule has 0 atom stereocenters. The molecule has 0 aliphatic rings. The first kappa shape index (κ1) is 18.5. The van der Waals surface area contributed by atoms with Gasteiger partial charge in [-0.05, 0) is 36.2 Å². The Labute approximate surface area is 146 Å². The number of hydrogen-bond acceptors (Lipinski definition) is 4. The Kier molecular flexibility index (Phi) is 6.42. The fourth-order valence-corrected chi connectivity index (χ4v) is 2.98. The molecule has 130 valence electrons. The van der Waals surface area contributed by atoms with E-state index in [0.29, 0.717) is 17.2 Å². The van der Waals surface area contributed by atoms with Crippen LogP contribution in [-0.4, -0.2) is 38.0 Å². The lowest BCUT2D eigenvalue weighted by atomic mass is 10.1. The number of sulfonamides is 1. The molecular weight excluding hydrogens is 352 g/mol. The van der Waals surface area contributed by atoms with E-state index in [1.165, 1.54) is 6.26 Å². The van der Waals surface area contributed by atoms with Crippen molar-refractivity contribution < 1.29 is 17.6 Å². The standard InChI is InChI=1S/C16H19ClN2O4S/c1-24(21,22)19(9-8-13-4-6-14(17)7-5-13)12-16(20)18-11-15-3-2-10-23-15/h2-7,10H,8-9,11-12H2,1H3,(H,18,20). The van der Waals surface area contributed by atoms with Crippen molar-refractivity contribution in [2.75, 3.05) is 19.3 Å². The third-order valence-corrected chi connectivity index (χ3v) is 4.89. The highest BCUT2D eigenvalue weighted by Gasteiger charge is 2.20. The van der Waals surface area contributed by atoms with Gasteiger partial charge in [-0.15, -0.1) is 0 Å². The molecule has 0 unspecified atom stereocenters. The van der Waals surface area contributed by atoms with Gasteiger partial charge < -0.3 is 9.73 Å². The molecule has 1 N–H and O–H groups in total. The van der Waals surface area contributed by atoms with E-state index in [1.807, 2.05) is 12.1 Å². The number of furan rings is 1. The molecule has 0 aliphatic carbocycles. The molecule has 1 amide bonds. The summed E-state index contributed by atoms with van der Waals surface area (Å²) < 4.78 is 30.0. The van der Waals surface area contributed by atoms with Gasteiger partial charge in [-0.3, -0.25) is 4.79 Å². The van der Waals surface area contributed by atoms with Crippen molar-refractivity contribution in [3.05, 3.63) is 59.0 Å². The van der Waals surface area contributed by atoms with Crippen LogP contribution in [0.2, 0.25) is 5.02 Å². The lowest BCUT2D eigenvalue weighted by Gasteiger charge is -2.19. The number of nitrogens with one attached hydrogen (secondary N) is 1. The third kappa shape index (κ3) is 5.99. The van der Waals surface area contributed by atoms with Gasteiger partial charge in [-0.1, -0.05) is 23.7 Å². The molecule has 0 radical (unpaired) electrons. The zero-order valence-electron chi connectivity index (χ0n) is 13.2. The van der Waals surface area contributed by atoms with E-state index in [1.54, 1.807) is 24.3 Å². The highest BCUT2D eigenvalue weighted by molar-refractivity contribution is 7.88. The summed E-state index contributed by atoms with van der Waals surface area (Å²) in [6.07, 6.45) is 3.10. The fraction of sp³-hybridized carbons (Fsp3) is 0.312. The number of amides is 1. The molecule has 0 saturated carbocycles. The average molecular weight is 371 g/mol. The number of nitrogens with zero attached hydrogens (tertiary/aromatic N) is 1. The number of carbonyl (C=O) groups excluding carboxylic acids is 1. The fourth-order valence-electron chi connectivity index (χ4n) is 2.08. The van der Waals surface area contributed by atoms with Crippen LogP contribution in [0, 0.1) is 0 Å². The minimum atomic E-state index is -3.49. The highest BCUT2D eigenvalue weighted by Crippen LogP contribution is 2.11. The van der Waals surface area contributed by atoms with Gasteiger partial charge >= 0.3 is 0 Å². The predicted octanol–water partition coefficient (Wildman–Crippen LogP) is 2.05. The van der Waals surface area contributed by atoms with Crippen molar-refractivity contribution in [1.82, 2.24) is 9.62 Å². The predicted molar refractivity (Wildman–Crippen MR) is 92.1 cm³/mol. The summed E-state index contributed by atoms with van der Waals surface area (Å²) in [5.74, 6) is 0.225. The van der Waals surface area contributed by atoms with Gasteiger partial charge in [0.25, 0.3) is 0 Å². The molecule has 1 heterocycles. The van der Waals surface area contributed by atoms with E-state index in [9.17, 15) is 13.2 Å². The number of hydrogen-bond donors (Lipinski definition) is 1. The summed E-state index contributed by atoms with van der Waals surface area (Å²) in [5, 5.41) is 3.26. The summed E-state index contributed by atoms with van der Waals surface area (Å²) in [6, 6.07) is 10.6. The van der Waals surface area contributed by atoms with Crippen LogP contribution in [0.3, 0.4) is 0 Å². The van der Waals surface area contributed by atoms with Crippen molar-refractivity contribution in [3.63, 3.8) is 0 Å². The van der Waals surface area contributed by atoms with Crippen molar-refractivity contribution in [2.45, 2.75) is 13.0 Å². The normalized spacial score (nSPS) is 11.6. The summed E-state index contributed by atoms with van der Waals surface area (Å²) in [7, 11) is -3.49. The third-order valence-electron chi connectivity index (χ3n) is 3.39. The smallest absolute Gasteiger partial charge is 0.235 e. The van der Waals surface area contributed by atoms with Crippen LogP contribution >= 0.6 is 11.6 Å². The number of benzene rings is 1. The molecule has 6 nitrogen and oxygen atoms in total. The second kappa shape index (κ2) is 8.32. The van der Waals surface area contributed by atoms with Crippen LogP contribution in [0.1, 0.15) is 11.3 Å². The van der Waals surface area contributed by atoms with Crippen LogP contribution < -0.4 is 5.32 Å². The maximum absolute atomic E-state index is 12.0. The quantitative estimate of drug-likeness (QED) is 0.771. The van der Waals surface area contributed by atoms with E-state index in [2.05, 4.69) is 5.32 Å². The Morgan fingerprint density at radius 3 is 2.54 bits per heavy atom. The molecule has 2 aromatic rings. The van der Waals surface area contributed by atoms with Crippen LogP contribution in [0.25, 0.3) is 0 Å². The van der Waals surface area contributed by atoms with Gasteiger partial charge in [0, 0.05) is 11.6 Å². The molecule has 0 fully saturated rings. The minimum Gasteiger partial charge on any atom is -0.467 e. The molecule has 8 heteroatoms. The molecule has 1 aromatic carbocycles. The van der Waals surface area contributed by atoms with Gasteiger partial charge in [-0.2, -0.15) is 4.31 Å². The monoisotopic (exact) mass is 370 g/mol. The number of rotatable bonds is 8. The van der Waals surface area contributed by atoms with Crippen molar-refractivity contribution in [3.8, 4) is 0 Å². The molecule has 1 aromatic heterocycles. The van der Waals surface area contributed by atoms with Gasteiger partial charge in [0.05, 0.1) is 25.6 Å². The largest absolute Gasteiger partial charge is 0.467 e. The van der Waals surface area contributed by atoms with Gasteiger partial charge in [0.2, 0.25) is 15.9 Å². The Hall–Kier alpha value is -1.83. The average Bonchev–Trinajstić information content (AvgIpc) is 3.03. The van der Waals surface area contributed by atoms with Gasteiger partial charge in [0.1, 0.15) is 5.76 Å². The zero-order chi connectivity index (χ0) is 17.6. The molecular formula is C16H19ClN2O4S. The van der Waals surface area contributed by atoms with E-state index >= 15 is 0 Å². The molecule has 0 aliphatic heterocycles. The van der Waals surface area contributed by atoms with Crippen molar-refractivity contribution >= 4 is 27.5 Å². The Balaban J connectivity index is 1.90. The zero-order valence-corrected chi connectivity index (χ0v) is 14.8. The molecule has 0 spiro atoms. The number of halogens is 1. The number of carbonyl (C=O) groups is 1. The highest BCUT2D eigenvalue weighted by atomic mass is 35.5. The Morgan fingerprint density at radius 2 is 1.96 bits per heavy atom. The van der Waals surface area contributed by atoms with E-state index < -0.39 is 10.0 Å². The second-order valence-corrected chi connectivity index (χ2v) is 7.75. The summed E-state index contributed by atoms with van der Waals surface area (Å²) in [4.78, 5) is 12.0. The first-order chi connectivity index (χ1) is 11.3. The molecule has 0 bridgehead atoms. The van der Waals surface area contributed by atoms with Crippen LogP contribution in [0.5, 0.6) is 0 Å².